The van der Waals surface area contributed by atoms with Gasteiger partial charge in [-0.05, 0) is 80.0 Å². The van der Waals surface area contributed by atoms with Crippen molar-refractivity contribution >= 4 is 66.2 Å². The second-order valence-corrected chi connectivity index (χ2v) is 10.8. The Bertz CT molecular complexity index is 1360. The van der Waals surface area contributed by atoms with Gasteiger partial charge in [-0.1, -0.05) is 35.3 Å². The third-order valence-electron chi connectivity index (χ3n) is 7.09. The molecule has 2 aliphatic heterocycles. The van der Waals surface area contributed by atoms with Crippen molar-refractivity contribution in [1.82, 2.24) is 19.7 Å². The predicted molar refractivity (Wildman–Crippen MR) is 169 cm³/mol. The Labute approximate surface area is 262 Å². The van der Waals surface area contributed by atoms with Crippen LogP contribution in [0.4, 0.5) is 4.79 Å². The number of halogens is 4. The molecule has 3 aromatic rings. The summed E-state index contributed by atoms with van der Waals surface area (Å²) in [5.41, 5.74) is 2.71. The molecule has 0 atom stereocenters. The number of hydrogen-bond acceptors (Lipinski definition) is 6. The summed E-state index contributed by atoms with van der Waals surface area (Å²) < 4.78 is 6.03. The molecule has 0 bridgehead atoms. The molecule has 2 fully saturated rings. The van der Waals surface area contributed by atoms with E-state index in [4.69, 9.17) is 27.6 Å². The fourth-order valence-corrected chi connectivity index (χ4v) is 5.11. The summed E-state index contributed by atoms with van der Waals surface area (Å²) >= 11 is 12.3. The van der Waals surface area contributed by atoms with Crippen molar-refractivity contribution in [3.63, 3.8) is 0 Å². The number of carbonyl (C=O) groups is 2. The van der Waals surface area contributed by atoms with Crippen molar-refractivity contribution in [2.24, 2.45) is 5.10 Å². The van der Waals surface area contributed by atoms with Gasteiger partial charge >= 0.3 is 6.03 Å². The first-order chi connectivity index (χ1) is 18.9. The molecule has 3 heterocycles. The number of imide groups is 1. The van der Waals surface area contributed by atoms with Crippen LogP contribution in [0.2, 0.25) is 10.0 Å². The molecule has 2 aliphatic rings. The lowest BCUT2D eigenvalue weighted by molar-refractivity contribution is -0.125. The summed E-state index contributed by atoms with van der Waals surface area (Å²) in [5.74, 6) is 0.863. The van der Waals surface area contributed by atoms with Gasteiger partial charge in [0.05, 0.1) is 6.21 Å². The molecule has 0 unspecified atom stereocenters. The summed E-state index contributed by atoms with van der Waals surface area (Å²) in [6.45, 7) is 5.61. The number of urea groups is 1. The van der Waals surface area contributed by atoms with E-state index in [1.807, 2.05) is 42.5 Å². The van der Waals surface area contributed by atoms with E-state index >= 15 is 0 Å². The van der Waals surface area contributed by atoms with Crippen LogP contribution in [0.25, 0.3) is 22.5 Å². The van der Waals surface area contributed by atoms with Gasteiger partial charge in [-0.25, -0.2) is 9.80 Å². The molecule has 220 valence electrons. The first kappa shape index (κ1) is 32.9. The number of hydrogen-bond donors (Lipinski definition) is 0. The van der Waals surface area contributed by atoms with Crippen LogP contribution in [0.1, 0.15) is 18.6 Å². The average Bonchev–Trinajstić information content (AvgIpc) is 3.51. The van der Waals surface area contributed by atoms with Crippen LogP contribution in [0.3, 0.4) is 0 Å². The minimum atomic E-state index is -0.398. The highest BCUT2D eigenvalue weighted by Gasteiger charge is 2.35. The molecule has 0 spiro atoms. The number of likely N-dealkylation sites (N-methyl/N-ethyl adjacent to an activating group) is 1. The van der Waals surface area contributed by atoms with Gasteiger partial charge in [-0.2, -0.15) is 5.10 Å². The van der Waals surface area contributed by atoms with E-state index in [0.29, 0.717) is 28.1 Å². The molecule has 3 amide bonds. The van der Waals surface area contributed by atoms with E-state index in [1.54, 1.807) is 12.1 Å². The summed E-state index contributed by atoms with van der Waals surface area (Å²) in [7, 11) is 2.14. The van der Waals surface area contributed by atoms with Crippen molar-refractivity contribution in [2.45, 2.75) is 12.8 Å². The maximum absolute atomic E-state index is 12.8. The zero-order valence-electron chi connectivity index (χ0n) is 22.7. The van der Waals surface area contributed by atoms with E-state index in [0.717, 1.165) is 62.3 Å². The lowest BCUT2D eigenvalue weighted by atomic mass is 9.98. The number of piperazine rings is 1. The quantitative estimate of drug-likeness (QED) is 0.154. The van der Waals surface area contributed by atoms with Gasteiger partial charge in [0.25, 0.3) is 5.91 Å². The van der Waals surface area contributed by atoms with Crippen LogP contribution in [-0.2, 0) is 4.79 Å². The maximum Gasteiger partial charge on any atom is 0.347 e. The summed E-state index contributed by atoms with van der Waals surface area (Å²) in [5, 5.41) is 6.70. The summed E-state index contributed by atoms with van der Waals surface area (Å²) in [6, 6.07) is 16.3. The SMILES string of the molecule is CN1CCN(CCCCN2C(=O)CN(N=Cc3ccc(-c4ccc(Cl)cc4-c4ccc(Cl)cc4)o3)C2=O)CC1.Cl.Cl. The third kappa shape index (κ3) is 8.25. The smallest absolute Gasteiger partial charge is 0.347 e. The monoisotopic (exact) mass is 639 g/mol. The van der Waals surface area contributed by atoms with Gasteiger partial charge < -0.3 is 14.2 Å². The summed E-state index contributed by atoms with van der Waals surface area (Å²) in [6.07, 6.45) is 3.19. The minimum Gasteiger partial charge on any atom is -0.455 e. The van der Waals surface area contributed by atoms with Crippen LogP contribution in [0.15, 0.2) is 64.1 Å². The highest BCUT2D eigenvalue weighted by atomic mass is 35.5. The second kappa shape index (κ2) is 15.0. The molecule has 12 heteroatoms. The Morgan fingerprint density at radius 3 is 2.27 bits per heavy atom. The van der Waals surface area contributed by atoms with Gasteiger partial charge in [0, 0.05) is 48.3 Å². The highest BCUT2D eigenvalue weighted by Crippen LogP contribution is 2.35. The molecule has 8 nitrogen and oxygen atoms in total. The number of benzene rings is 2. The number of unbranched alkanes of at least 4 members (excludes halogenated alkanes) is 1. The van der Waals surface area contributed by atoms with Gasteiger partial charge in [-0.15, -0.1) is 24.8 Å². The van der Waals surface area contributed by atoms with E-state index in [9.17, 15) is 9.59 Å². The molecule has 2 saturated heterocycles. The summed E-state index contributed by atoms with van der Waals surface area (Å²) in [4.78, 5) is 31.3. The van der Waals surface area contributed by atoms with Crippen LogP contribution in [0, 0.1) is 0 Å². The normalized spacial score (nSPS) is 16.4. The number of hydrazone groups is 1. The average molecular weight is 641 g/mol. The molecule has 2 aromatic carbocycles. The number of carbonyl (C=O) groups excluding carboxylic acids is 2. The lowest BCUT2D eigenvalue weighted by Crippen LogP contribution is -2.44. The number of nitrogens with zero attached hydrogens (tertiary/aromatic N) is 5. The molecule has 1 aromatic heterocycles. The Hall–Kier alpha value is -2.59. The predicted octanol–water partition coefficient (Wildman–Crippen LogP) is 6.39. The Morgan fingerprint density at radius 2 is 1.54 bits per heavy atom. The fourth-order valence-electron chi connectivity index (χ4n) is 4.81. The Balaban J connectivity index is 0.00000231. The molecule has 41 heavy (non-hydrogen) atoms. The zero-order chi connectivity index (χ0) is 27.4. The maximum atomic E-state index is 12.8. The molecule has 0 aliphatic carbocycles. The van der Waals surface area contributed by atoms with Crippen LogP contribution >= 0.6 is 48.0 Å². The number of furan rings is 1. The van der Waals surface area contributed by atoms with Crippen LogP contribution in [0.5, 0.6) is 0 Å². The molecule has 5 rings (SSSR count). The van der Waals surface area contributed by atoms with Crippen LogP contribution < -0.4 is 0 Å². The largest absolute Gasteiger partial charge is 0.455 e. The second-order valence-electron chi connectivity index (χ2n) is 9.88. The Kier molecular flexibility index (Phi) is 12.1. The standard InChI is InChI=1S/C29H31Cl2N5O3.2ClH/c1-33-14-16-34(17-15-33)12-2-3-13-35-28(37)20-36(29(35)38)32-19-24-9-11-27(39-24)25-10-8-23(31)18-26(25)21-4-6-22(30)7-5-21;;/h4-11,18-19H,2-3,12-17,20H2,1H3;2*1H. The third-order valence-corrected chi connectivity index (χ3v) is 7.58. The van der Waals surface area contributed by atoms with E-state index in [1.165, 1.54) is 16.1 Å². The van der Waals surface area contributed by atoms with E-state index in [2.05, 4.69) is 21.9 Å². The highest BCUT2D eigenvalue weighted by molar-refractivity contribution is 6.31. The first-order valence-electron chi connectivity index (χ1n) is 13.1. The number of rotatable bonds is 9. The lowest BCUT2D eigenvalue weighted by Gasteiger charge is -2.32. The molecule has 0 saturated carbocycles. The van der Waals surface area contributed by atoms with E-state index < -0.39 is 6.03 Å². The molecule has 0 radical (unpaired) electrons. The molecule has 0 N–H and O–H groups in total. The van der Waals surface area contributed by atoms with Crippen LogP contribution in [-0.4, -0.2) is 90.7 Å². The zero-order valence-corrected chi connectivity index (χ0v) is 25.8. The first-order valence-corrected chi connectivity index (χ1v) is 13.9. The fraction of sp³-hybridized carbons (Fsp3) is 0.345. The number of amides is 3. The van der Waals surface area contributed by atoms with Crippen molar-refractivity contribution in [3.05, 3.63) is 70.4 Å². The van der Waals surface area contributed by atoms with Crippen molar-refractivity contribution in [1.29, 1.82) is 0 Å². The van der Waals surface area contributed by atoms with Gasteiger partial charge in [0.15, 0.2) is 0 Å². The van der Waals surface area contributed by atoms with Crippen molar-refractivity contribution in [2.75, 3.05) is 52.9 Å². The minimum absolute atomic E-state index is 0. The Morgan fingerprint density at radius 1 is 0.854 bits per heavy atom. The van der Waals surface area contributed by atoms with Gasteiger partial charge in [0.1, 0.15) is 18.1 Å². The van der Waals surface area contributed by atoms with Crippen molar-refractivity contribution in [3.8, 4) is 22.5 Å². The van der Waals surface area contributed by atoms with E-state index in [-0.39, 0.29) is 37.3 Å². The van der Waals surface area contributed by atoms with Crippen molar-refractivity contribution < 1.29 is 14.0 Å². The molecular formula is C29H33Cl4N5O3. The topological polar surface area (TPSA) is 72.6 Å². The van der Waals surface area contributed by atoms with Gasteiger partial charge in [0.2, 0.25) is 0 Å². The molecular weight excluding hydrogens is 608 g/mol. The van der Waals surface area contributed by atoms with Gasteiger partial charge in [-0.3, -0.25) is 9.69 Å².